The average molecular weight is 348 g/mol. The summed E-state index contributed by atoms with van der Waals surface area (Å²) in [5, 5.41) is -0.677. The van der Waals surface area contributed by atoms with Gasteiger partial charge in [0, 0.05) is 14.2 Å². The van der Waals surface area contributed by atoms with Gasteiger partial charge in [-0.05, 0) is 31.0 Å². The molecule has 0 aliphatic carbocycles. The highest BCUT2D eigenvalue weighted by Gasteiger charge is 2.51. The predicted molar refractivity (Wildman–Crippen MR) is 95.6 cm³/mol. The van der Waals surface area contributed by atoms with Crippen molar-refractivity contribution in [1.29, 1.82) is 0 Å². The van der Waals surface area contributed by atoms with E-state index in [1.54, 1.807) is 14.2 Å². The van der Waals surface area contributed by atoms with Crippen LogP contribution in [0.2, 0.25) is 22.7 Å². The van der Waals surface area contributed by atoms with Gasteiger partial charge < -0.3 is 13.3 Å². The molecule has 0 saturated heterocycles. The molecule has 6 heteroatoms. The van der Waals surface area contributed by atoms with Crippen molar-refractivity contribution in [2.75, 3.05) is 14.2 Å². The maximum Gasteiger partial charge on any atom is 0.402 e. The Balaban J connectivity index is 5.49. The van der Waals surface area contributed by atoms with Crippen LogP contribution in [0.3, 0.4) is 0 Å². The summed E-state index contributed by atoms with van der Waals surface area (Å²) < 4.78 is 17.2. The first-order valence-electron chi connectivity index (χ1n) is 8.36. The van der Waals surface area contributed by atoms with E-state index >= 15 is 0 Å². The molecule has 0 N–H and O–H groups in total. The number of rotatable bonds is 10. The zero-order chi connectivity index (χ0) is 17.6. The van der Waals surface area contributed by atoms with Crippen LogP contribution in [0.15, 0.2) is 0 Å². The summed E-state index contributed by atoms with van der Waals surface area (Å²) in [6.45, 7) is 14.9. The number of hydrogen-bond donors (Lipinski definition) is 0. The van der Waals surface area contributed by atoms with Crippen LogP contribution in [0.1, 0.15) is 60.8 Å². The van der Waals surface area contributed by atoms with E-state index in [1.807, 2.05) is 13.8 Å². The summed E-state index contributed by atoms with van der Waals surface area (Å²) in [6.07, 6.45) is 2.73. The van der Waals surface area contributed by atoms with Gasteiger partial charge in [0.25, 0.3) is 14.3 Å². The summed E-state index contributed by atoms with van der Waals surface area (Å²) in [5.41, 5.74) is 0.876. The fraction of sp³-hybridized carbons (Fsp3) is 0.938. The molecule has 3 atom stereocenters. The molecule has 0 bridgehead atoms. The maximum atomic E-state index is 13.0. The first-order chi connectivity index (χ1) is 10.2. The van der Waals surface area contributed by atoms with E-state index in [0.29, 0.717) is 17.5 Å². The minimum atomic E-state index is -2.16. The smallest absolute Gasteiger partial charge is 0.402 e. The molecule has 0 amide bonds. The first kappa shape index (κ1) is 21.8. The van der Waals surface area contributed by atoms with Gasteiger partial charge >= 0.3 is 9.28 Å². The Hall–Kier alpha value is -0.176. The van der Waals surface area contributed by atoms with Crippen LogP contribution >= 0.6 is 0 Å². The van der Waals surface area contributed by atoms with Gasteiger partial charge in [0.15, 0.2) is 0 Å². The van der Waals surface area contributed by atoms with Gasteiger partial charge in [0.1, 0.15) is 5.04 Å². The molecule has 0 fully saturated rings. The van der Waals surface area contributed by atoms with Crippen LogP contribution in [0, 0.1) is 0 Å². The van der Waals surface area contributed by atoms with Gasteiger partial charge in [-0.3, -0.25) is 4.79 Å². The van der Waals surface area contributed by atoms with Gasteiger partial charge in [-0.1, -0.05) is 47.5 Å². The van der Waals surface area contributed by atoms with E-state index in [2.05, 4.69) is 34.2 Å². The fourth-order valence-electron chi connectivity index (χ4n) is 2.72. The Morgan fingerprint density at radius 1 is 1.09 bits per heavy atom. The van der Waals surface area contributed by atoms with Crippen molar-refractivity contribution in [2.45, 2.75) is 83.5 Å². The van der Waals surface area contributed by atoms with E-state index < -0.39 is 22.6 Å². The Bertz CT molecular complexity index is 337. The standard InChI is InChI=1S/C16H35O4Si2/c1-10-13(4)22(9,14(5)11-2)20-15(17)16(6,12-3)21(18-7)19-8/h13-14H,10-12H2,1-9H3. The van der Waals surface area contributed by atoms with Crippen molar-refractivity contribution < 1.29 is 18.1 Å². The van der Waals surface area contributed by atoms with Crippen LogP contribution in [0.4, 0.5) is 0 Å². The second kappa shape index (κ2) is 9.20. The lowest BCUT2D eigenvalue weighted by molar-refractivity contribution is -0.139. The van der Waals surface area contributed by atoms with Gasteiger partial charge in [-0.15, -0.1) is 0 Å². The molecule has 3 unspecified atom stereocenters. The normalized spacial score (nSPS) is 20.1. The lowest BCUT2D eigenvalue weighted by atomic mass is 10.1. The third-order valence-corrected chi connectivity index (χ3v) is 13.0. The van der Waals surface area contributed by atoms with Crippen LogP contribution in [0.5, 0.6) is 0 Å². The third-order valence-electron chi connectivity index (χ3n) is 5.47. The van der Waals surface area contributed by atoms with Crippen LogP contribution in [-0.4, -0.2) is 37.8 Å². The Morgan fingerprint density at radius 3 is 1.77 bits per heavy atom. The zero-order valence-electron chi connectivity index (χ0n) is 15.9. The minimum Gasteiger partial charge on any atom is -0.518 e. The molecule has 1 radical (unpaired) electrons. The molecule has 0 rings (SSSR count). The van der Waals surface area contributed by atoms with Gasteiger partial charge in [-0.2, -0.15) is 0 Å². The monoisotopic (exact) mass is 347 g/mol. The lowest BCUT2D eigenvalue weighted by Crippen LogP contribution is -2.50. The van der Waals surface area contributed by atoms with Crippen molar-refractivity contribution in [3.63, 3.8) is 0 Å². The second-order valence-corrected chi connectivity index (χ2v) is 13.6. The van der Waals surface area contributed by atoms with Gasteiger partial charge in [0.05, 0.1) is 0 Å². The van der Waals surface area contributed by atoms with Crippen molar-refractivity contribution in [2.24, 2.45) is 0 Å². The lowest BCUT2D eigenvalue weighted by Gasteiger charge is -2.40. The topological polar surface area (TPSA) is 44.8 Å². The van der Waals surface area contributed by atoms with Crippen LogP contribution in [0.25, 0.3) is 0 Å². The molecule has 0 aliphatic rings. The van der Waals surface area contributed by atoms with Gasteiger partial charge in [0.2, 0.25) is 0 Å². The molecule has 0 spiro atoms. The van der Waals surface area contributed by atoms with E-state index in [0.717, 1.165) is 12.8 Å². The highest BCUT2D eigenvalue weighted by atomic mass is 28.4. The molecule has 0 aromatic rings. The Kier molecular flexibility index (Phi) is 9.13. The molecular weight excluding hydrogens is 312 g/mol. The van der Waals surface area contributed by atoms with Gasteiger partial charge in [-0.25, -0.2) is 0 Å². The van der Waals surface area contributed by atoms with E-state index in [-0.39, 0.29) is 5.97 Å². The minimum absolute atomic E-state index is 0.137. The third kappa shape index (κ3) is 4.43. The predicted octanol–water partition coefficient (Wildman–Crippen LogP) is 4.66. The molecule has 0 aromatic carbocycles. The summed E-state index contributed by atoms with van der Waals surface area (Å²) in [5.74, 6) is -0.137. The summed E-state index contributed by atoms with van der Waals surface area (Å²) in [4.78, 5) is 13.0. The number of carbonyl (C=O) groups excluding carboxylic acids is 1. The quantitative estimate of drug-likeness (QED) is 0.539. The highest BCUT2D eigenvalue weighted by molar-refractivity contribution is 6.77. The first-order valence-corrected chi connectivity index (χ1v) is 12.2. The van der Waals surface area contributed by atoms with Crippen LogP contribution < -0.4 is 0 Å². The maximum absolute atomic E-state index is 13.0. The average Bonchev–Trinajstić information content (AvgIpc) is 2.53. The van der Waals surface area contributed by atoms with E-state index in [9.17, 15) is 4.79 Å². The number of carbonyl (C=O) groups is 1. The summed E-state index contributed by atoms with van der Waals surface area (Å²) in [7, 11) is -0.639. The largest absolute Gasteiger partial charge is 0.518 e. The molecule has 0 aromatic heterocycles. The molecule has 4 nitrogen and oxygen atoms in total. The number of hydrogen-bond acceptors (Lipinski definition) is 4. The summed E-state index contributed by atoms with van der Waals surface area (Å²) in [6, 6.07) is 0. The molecule has 131 valence electrons. The zero-order valence-corrected chi connectivity index (χ0v) is 17.9. The SMILES string of the molecule is CCC(C)[Si](C)(OC(=O)C(C)(CC)[Si](OC)OC)C(C)CC. The van der Waals surface area contributed by atoms with E-state index in [4.69, 9.17) is 13.3 Å². The molecule has 22 heavy (non-hydrogen) atoms. The van der Waals surface area contributed by atoms with Crippen LogP contribution in [-0.2, 0) is 18.1 Å². The molecule has 0 saturated carbocycles. The van der Waals surface area contributed by atoms with Crippen molar-refractivity contribution in [3.8, 4) is 0 Å². The van der Waals surface area contributed by atoms with E-state index in [1.165, 1.54) is 0 Å². The highest BCUT2D eigenvalue weighted by Crippen LogP contribution is 2.42. The molecule has 0 heterocycles. The Morgan fingerprint density at radius 2 is 1.50 bits per heavy atom. The molecular formula is C16H35O4Si2. The Labute approximate surface area is 139 Å². The van der Waals surface area contributed by atoms with Crippen molar-refractivity contribution >= 4 is 23.6 Å². The summed E-state index contributed by atoms with van der Waals surface area (Å²) >= 11 is 0. The second-order valence-electron chi connectivity index (χ2n) is 6.57. The van der Waals surface area contributed by atoms with Crippen molar-refractivity contribution in [3.05, 3.63) is 0 Å². The molecule has 0 aliphatic heterocycles. The van der Waals surface area contributed by atoms with Crippen molar-refractivity contribution in [1.82, 2.24) is 0 Å². The fourth-order valence-corrected chi connectivity index (χ4v) is 8.01.